The van der Waals surface area contributed by atoms with Crippen LogP contribution in [0.5, 0.6) is 5.75 Å². The number of nitrogens with two attached hydrogens (primary N) is 1. The van der Waals surface area contributed by atoms with Crippen LogP contribution in [-0.2, 0) is 0 Å². The van der Waals surface area contributed by atoms with Crippen molar-refractivity contribution in [1.29, 1.82) is 0 Å². The summed E-state index contributed by atoms with van der Waals surface area (Å²) in [5, 5.41) is 0. The van der Waals surface area contributed by atoms with Gasteiger partial charge in [-0.1, -0.05) is 12.1 Å². The smallest absolute Gasteiger partial charge is 0.123 e. The molecule has 1 aliphatic heterocycles. The first-order valence-electron chi connectivity index (χ1n) is 6.85. The zero-order valence-electron chi connectivity index (χ0n) is 11.5. The van der Waals surface area contributed by atoms with E-state index < -0.39 is 0 Å². The summed E-state index contributed by atoms with van der Waals surface area (Å²) in [6, 6.07) is 6.69. The minimum absolute atomic E-state index is 0.411. The van der Waals surface area contributed by atoms with Crippen molar-refractivity contribution in [3.05, 3.63) is 29.3 Å². The lowest BCUT2D eigenvalue weighted by molar-refractivity contribution is 0.229. The summed E-state index contributed by atoms with van der Waals surface area (Å²) in [4.78, 5) is 2.55. The van der Waals surface area contributed by atoms with Gasteiger partial charge in [-0.3, -0.25) is 4.90 Å². The second kappa shape index (κ2) is 6.21. The van der Waals surface area contributed by atoms with Gasteiger partial charge in [0, 0.05) is 11.6 Å². The summed E-state index contributed by atoms with van der Waals surface area (Å²) in [6.07, 6.45) is 3.60. The molecule has 1 unspecified atom stereocenters. The van der Waals surface area contributed by atoms with Crippen LogP contribution in [0.4, 0.5) is 0 Å². The molecule has 1 aromatic rings. The van der Waals surface area contributed by atoms with Crippen molar-refractivity contribution in [1.82, 2.24) is 4.90 Å². The molecule has 3 nitrogen and oxygen atoms in total. The molecular formula is C15H24N2O. The van der Waals surface area contributed by atoms with E-state index in [0.29, 0.717) is 6.04 Å². The monoisotopic (exact) mass is 248 g/mol. The predicted molar refractivity (Wildman–Crippen MR) is 75.0 cm³/mol. The Kier molecular flexibility index (Phi) is 4.61. The van der Waals surface area contributed by atoms with Gasteiger partial charge in [-0.25, -0.2) is 0 Å². The maximum absolute atomic E-state index is 5.81. The number of benzene rings is 1. The SMILES string of the molecule is COc1cccc(C)c1C(CCN)N1CCCC1. The van der Waals surface area contributed by atoms with E-state index in [1.807, 2.05) is 0 Å². The highest BCUT2D eigenvalue weighted by atomic mass is 16.5. The normalized spacial score (nSPS) is 17.9. The van der Waals surface area contributed by atoms with E-state index in [-0.39, 0.29) is 0 Å². The number of likely N-dealkylation sites (tertiary alicyclic amines) is 1. The molecule has 0 radical (unpaired) electrons. The average Bonchev–Trinajstić information content (AvgIpc) is 2.90. The minimum atomic E-state index is 0.411. The fourth-order valence-corrected chi connectivity index (χ4v) is 2.98. The molecule has 2 N–H and O–H groups in total. The number of hydrogen-bond acceptors (Lipinski definition) is 3. The van der Waals surface area contributed by atoms with Gasteiger partial charge in [0.25, 0.3) is 0 Å². The molecule has 0 spiro atoms. The summed E-state index contributed by atoms with van der Waals surface area (Å²) in [5.74, 6) is 1.00. The molecule has 0 aromatic heterocycles. The second-order valence-electron chi connectivity index (χ2n) is 5.03. The van der Waals surface area contributed by atoms with Crippen LogP contribution in [0.25, 0.3) is 0 Å². The van der Waals surface area contributed by atoms with Crippen molar-refractivity contribution >= 4 is 0 Å². The molecule has 1 aliphatic rings. The highest BCUT2D eigenvalue weighted by Gasteiger charge is 2.26. The Morgan fingerprint density at radius 1 is 1.33 bits per heavy atom. The summed E-state index contributed by atoms with van der Waals surface area (Å²) in [7, 11) is 1.75. The van der Waals surface area contributed by atoms with Gasteiger partial charge in [-0.15, -0.1) is 0 Å². The van der Waals surface area contributed by atoms with Crippen LogP contribution in [-0.4, -0.2) is 31.6 Å². The van der Waals surface area contributed by atoms with Crippen LogP contribution in [0.15, 0.2) is 18.2 Å². The maximum atomic E-state index is 5.81. The predicted octanol–water partition coefficient (Wildman–Crippen LogP) is 2.49. The van der Waals surface area contributed by atoms with Crippen LogP contribution in [0, 0.1) is 6.92 Å². The van der Waals surface area contributed by atoms with Crippen molar-refractivity contribution in [2.45, 2.75) is 32.2 Å². The maximum Gasteiger partial charge on any atom is 0.123 e. The molecule has 0 aliphatic carbocycles. The number of rotatable bonds is 5. The summed E-state index contributed by atoms with van der Waals surface area (Å²) >= 11 is 0. The average molecular weight is 248 g/mol. The largest absolute Gasteiger partial charge is 0.496 e. The van der Waals surface area contributed by atoms with E-state index in [4.69, 9.17) is 10.5 Å². The topological polar surface area (TPSA) is 38.5 Å². The lowest BCUT2D eigenvalue weighted by Crippen LogP contribution is -2.28. The standard InChI is InChI=1S/C15H24N2O/c1-12-6-5-7-14(18-2)15(12)13(8-9-16)17-10-3-4-11-17/h5-7,13H,3-4,8-11,16H2,1-2H3. The molecule has 1 heterocycles. The van der Waals surface area contributed by atoms with E-state index in [1.54, 1.807) is 7.11 Å². The van der Waals surface area contributed by atoms with Crippen molar-refractivity contribution in [3.63, 3.8) is 0 Å². The first-order valence-corrected chi connectivity index (χ1v) is 6.85. The third-order valence-electron chi connectivity index (χ3n) is 3.86. The Morgan fingerprint density at radius 2 is 2.06 bits per heavy atom. The molecule has 1 saturated heterocycles. The third kappa shape index (κ3) is 2.68. The van der Waals surface area contributed by atoms with Gasteiger partial charge >= 0.3 is 0 Å². The zero-order chi connectivity index (χ0) is 13.0. The Hall–Kier alpha value is -1.06. The van der Waals surface area contributed by atoms with Gasteiger partial charge in [-0.05, 0) is 57.5 Å². The van der Waals surface area contributed by atoms with E-state index in [0.717, 1.165) is 18.7 Å². The van der Waals surface area contributed by atoms with Crippen molar-refractivity contribution < 1.29 is 4.74 Å². The molecule has 18 heavy (non-hydrogen) atoms. The van der Waals surface area contributed by atoms with Crippen LogP contribution >= 0.6 is 0 Å². The van der Waals surface area contributed by atoms with Gasteiger partial charge in [0.2, 0.25) is 0 Å². The molecular weight excluding hydrogens is 224 g/mol. The van der Waals surface area contributed by atoms with E-state index in [2.05, 4.69) is 30.0 Å². The molecule has 0 saturated carbocycles. The van der Waals surface area contributed by atoms with Gasteiger partial charge in [-0.2, -0.15) is 0 Å². The lowest BCUT2D eigenvalue weighted by atomic mass is 9.96. The first-order chi connectivity index (χ1) is 8.77. The Bertz CT molecular complexity index is 386. The zero-order valence-corrected chi connectivity index (χ0v) is 11.5. The number of aryl methyl sites for hydroxylation is 1. The van der Waals surface area contributed by atoms with Crippen LogP contribution in [0.3, 0.4) is 0 Å². The molecule has 3 heteroatoms. The number of hydrogen-bond donors (Lipinski definition) is 1. The Labute approximate surface area is 110 Å². The van der Waals surface area contributed by atoms with Crippen LogP contribution < -0.4 is 10.5 Å². The van der Waals surface area contributed by atoms with Crippen LogP contribution in [0.1, 0.15) is 36.4 Å². The Balaban J connectivity index is 2.34. The van der Waals surface area contributed by atoms with Gasteiger partial charge < -0.3 is 10.5 Å². The van der Waals surface area contributed by atoms with Crippen molar-refractivity contribution in [2.24, 2.45) is 5.73 Å². The molecule has 1 aromatic carbocycles. The Morgan fingerprint density at radius 3 is 2.67 bits per heavy atom. The van der Waals surface area contributed by atoms with E-state index in [9.17, 15) is 0 Å². The second-order valence-corrected chi connectivity index (χ2v) is 5.03. The fourth-order valence-electron chi connectivity index (χ4n) is 2.98. The van der Waals surface area contributed by atoms with E-state index >= 15 is 0 Å². The molecule has 100 valence electrons. The summed E-state index contributed by atoms with van der Waals surface area (Å²) in [5.41, 5.74) is 8.44. The van der Waals surface area contributed by atoms with Crippen molar-refractivity contribution in [3.8, 4) is 5.75 Å². The number of ether oxygens (including phenoxy) is 1. The molecule has 0 bridgehead atoms. The highest BCUT2D eigenvalue weighted by molar-refractivity contribution is 5.42. The fraction of sp³-hybridized carbons (Fsp3) is 0.600. The number of nitrogens with zero attached hydrogens (tertiary/aromatic N) is 1. The quantitative estimate of drug-likeness (QED) is 0.870. The van der Waals surface area contributed by atoms with E-state index in [1.165, 1.54) is 37.1 Å². The van der Waals surface area contributed by atoms with Gasteiger partial charge in [0.05, 0.1) is 7.11 Å². The lowest BCUT2D eigenvalue weighted by Gasteiger charge is -2.30. The molecule has 1 fully saturated rings. The highest BCUT2D eigenvalue weighted by Crippen LogP contribution is 2.35. The molecule has 0 amide bonds. The van der Waals surface area contributed by atoms with Crippen molar-refractivity contribution in [2.75, 3.05) is 26.7 Å². The summed E-state index contributed by atoms with van der Waals surface area (Å²) < 4.78 is 5.55. The number of methoxy groups -OCH3 is 1. The summed E-state index contributed by atoms with van der Waals surface area (Å²) in [6.45, 7) is 5.25. The molecule has 2 rings (SSSR count). The molecule has 1 atom stereocenters. The van der Waals surface area contributed by atoms with Gasteiger partial charge in [0.1, 0.15) is 5.75 Å². The van der Waals surface area contributed by atoms with Gasteiger partial charge in [0.15, 0.2) is 0 Å². The third-order valence-corrected chi connectivity index (χ3v) is 3.86. The van der Waals surface area contributed by atoms with Crippen LogP contribution in [0.2, 0.25) is 0 Å². The first kappa shape index (κ1) is 13.4. The minimum Gasteiger partial charge on any atom is -0.496 e.